The molecule has 5 heterocycles. The maximum absolute atomic E-state index is 12.5. The molecule has 16 rings (SSSR count). The van der Waals surface area contributed by atoms with Crippen LogP contribution in [0, 0.1) is 17.9 Å². The van der Waals surface area contributed by atoms with Crippen LogP contribution in [0.25, 0.3) is 154 Å². The third-order valence-electron chi connectivity index (χ3n) is 15.4. The van der Waals surface area contributed by atoms with Crippen LogP contribution in [0.15, 0.2) is 218 Å². The lowest BCUT2D eigenvalue weighted by atomic mass is 9.88. The molecule has 0 bridgehead atoms. The largest absolute Gasteiger partial charge is 0.315 e. The van der Waals surface area contributed by atoms with Gasteiger partial charge in [-0.25, -0.2) is 4.85 Å². The Balaban J connectivity index is 1.19. The van der Waals surface area contributed by atoms with Gasteiger partial charge >= 0.3 is 0 Å². The molecule has 0 aliphatic carbocycles. The molecular formula is C68H36N4S3. The lowest BCUT2D eigenvalue weighted by Crippen LogP contribution is -2.08. The molecule has 0 unspecified atom stereocenters. The third kappa shape index (κ3) is 5.83. The Kier molecular flexibility index (Phi) is 9.05. The third-order valence-corrected chi connectivity index (χ3v) is 19.0. The van der Waals surface area contributed by atoms with Gasteiger partial charge in [0, 0.05) is 79.1 Å². The molecule has 4 nitrogen and oxygen atoms in total. The molecule has 0 spiro atoms. The zero-order chi connectivity index (χ0) is 49.5. The van der Waals surface area contributed by atoms with E-state index < -0.39 is 0 Å². The first kappa shape index (κ1) is 42.2. The van der Waals surface area contributed by atoms with Gasteiger partial charge in [0.25, 0.3) is 0 Å². The maximum Gasteiger partial charge on any atom is 0.221 e. The van der Waals surface area contributed by atoms with Gasteiger partial charge in [0.15, 0.2) is 0 Å². The van der Waals surface area contributed by atoms with E-state index in [1.54, 1.807) is 34.0 Å². The van der Waals surface area contributed by atoms with Crippen molar-refractivity contribution >= 4 is 144 Å². The van der Waals surface area contributed by atoms with Gasteiger partial charge in [0.2, 0.25) is 5.69 Å². The fraction of sp³-hybridized carbons (Fsp3) is 0. The number of hydrogen-bond acceptors (Lipinski definition) is 4. The normalized spacial score (nSPS) is 12.0. The van der Waals surface area contributed by atoms with Gasteiger partial charge in [0.05, 0.1) is 59.7 Å². The second-order valence-corrected chi connectivity index (χ2v) is 22.3. The molecule has 0 radical (unpaired) electrons. The van der Waals surface area contributed by atoms with Crippen LogP contribution < -0.4 is 0 Å². The van der Waals surface area contributed by atoms with Crippen molar-refractivity contribution in [1.82, 2.24) is 9.13 Å². The highest BCUT2D eigenvalue weighted by Crippen LogP contribution is 2.56. The van der Waals surface area contributed by atoms with E-state index in [4.69, 9.17) is 4.85 Å². The van der Waals surface area contributed by atoms with E-state index in [0.717, 1.165) is 108 Å². The van der Waals surface area contributed by atoms with E-state index in [1.165, 1.54) is 35.6 Å². The van der Waals surface area contributed by atoms with Crippen LogP contribution in [-0.4, -0.2) is 9.13 Å². The van der Waals surface area contributed by atoms with Crippen LogP contribution in [0.2, 0.25) is 0 Å². The maximum atomic E-state index is 12.5. The highest BCUT2D eigenvalue weighted by atomic mass is 32.1. The molecule has 0 saturated heterocycles. The van der Waals surface area contributed by atoms with E-state index in [0.29, 0.717) is 16.9 Å². The van der Waals surface area contributed by atoms with E-state index in [2.05, 4.69) is 221 Å². The summed E-state index contributed by atoms with van der Waals surface area (Å²) < 4.78 is 11.7. The molecule has 75 heavy (non-hydrogen) atoms. The fourth-order valence-corrected chi connectivity index (χ4v) is 16.0. The van der Waals surface area contributed by atoms with Crippen LogP contribution in [0.5, 0.6) is 0 Å². The van der Waals surface area contributed by atoms with Crippen LogP contribution in [-0.2, 0) is 0 Å². The molecule has 5 aromatic heterocycles. The summed E-state index contributed by atoms with van der Waals surface area (Å²) in [4.78, 5) is 4.77. The minimum atomic E-state index is 0.417. The van der Waals surface area contributed by atoms with Crippen molar-refractivity contribution < 1.29 is 0 Å². The van der Waals surface area contributed by atoms with Crippen molar-refractivity contribution in [2.75, 3.05) is 0 Å². The van der Waals surface area contributed by atoms with Gasteiger partial charge in [0.1, 0.15) is 6.07 Å². The summed E-state index contributed by atoms with van der Waals surface area (Å²) in [7, 11) is 0. The Morgan fingerprint density at radius 2 is 0.800 bits per heavy atom. The number of hydrogen-bond donors (Lipinski definition) is 0. The fourth-order valence-electron chi connectivity index (χ4n) is 12.3. The lowest BCUT2D eigenvalue weighted by molar-refractivity contribution is 1.15. The highest BCUT2D eigenvalue weighted by Gasteiger charge is 2.34. The summed E-state index contributed by atoms with van der Waals surface area (Å²) in [5, 5.41) is 23.9. The number of thiophene rings is 3. The Bertz CT molecular complexity index is 4990. The first-order valence-corrected chi connectivity index (χ1v) is 27.4. The minimum absolute atomic E-state index is 0.417. The standard InChI is InChI=1S/C68H36N4S3/c1-70-60-58(41-22-9-4-10-23-41)65(71-53-28-17-27-42(39-18-5-2-6-19-39)59(53)51-37-36-50-45-26-13-16-31-56(45)75-68(50)64(51)71)57(40-20-7-3-8-21-40)52(38-69)61(60)72-62-46(32-34-48-43-24-11-14-29-54(43)73-66(48)62)47-33-35-49-44-25-12-15-30-55(44)74-67(49)63(47)72/h2-37H. The Labute approximate surface area is 441 Å². The van der Waals surface area contributed by atoms with Crippen molar-refractivity contribution in [3.63, 3.8) is 0 Å². The van der Waals surface area contributed by atoms with Crippen molar-refractivity contribution in [2.24, 2.45) is 0 Å². The van der Waals surface area contributed by atoms with E-state index in [-0.39, 0.29) is 0 Å². The van der Waals surface area contributed by atoms with Crippen molar-refractivity contribution in [1.29, 1.82) is 5.26 Å². The van der Waals surface area contributed by atoms with Crippen LogP contribution >= 0.6 is 34.0 Å². The Hall–Kier alpha value is -9.34. The molecule has 0 amide bonds. The number of rotatable bonds is 5. The number of benzene rings is 11. The van der Waals surface area contributed by atoms with Gasteiger partial charge < -0.3 is 9.13 Å². The monoisotopic (exact) mass is 1000 g/mol. The van der Waals surface area contributed by atoms with Gasteiger partial charge in [-0.2, -0.15) is 5.26 Å². The molecular weight excluding hydrogens is 969 g/mol. The summed E-state index contributed by atoms with van der Waals surface area (Å²) >= 11 is 5.36. The van der Waals surface area contributed by atoms with Crippen LogP contribution in [0.4, 0.5) is 5.69 Å². The van der Waals surface area contributed by atoms with Gasteiger partial charge in [-0.1, -0.05) is 194 Å². The van der Waals surface area contributed by atoms with E-state index in [9.17, 15) is 11.8 Å². The molecule has 0 fully saturated rings. The summed E-state index contributed by atoms with van der Waals surface area (Å²) in [5.74, 6) is 0. The molecule has 0 aliphatic heterocycles. The number of aromatic nitrogens is 2. The molecule has 0 N–H and O–H groups in total. The van der Waals surface area contributed by atoms with Gasteiger partial charge in [-0.05, 0) is 46.5 Å². The van der Waals surface area contributed by atoms with Crippen molar-refractivity contribution in [2.45, 2.75) is 0 Å². The van der Waals surface area contributed by atoms with Gasteiger partial charge in [-0.15, -0.1) is 34.0 Å². The topological polar surface area (TPSA) is 38.0 Å². The van der Waals surface area contributed by atoms with Crippen molar-refractivity contribution in [3.05, 3.63) is 235 Å². The predicted octanol–water partition coefficient (Wildman–Crippen LogP) is 20.4. The molecule has 7 heteroatoms. The Morgan fingerprint density at radius 1 is 0.373 bits per heavy atom. The first-order chi connectivity index (χ1) is 37.2. The zero-order valence-electron chi connectivity index (χ0n) is 39.8. The van der Waals surface area contributed by atoms with E-state index >= 15 is 0 Å². The first-order valence-electron chi connectivity index (χ1n) is 24.9. The summed E-state index contributed by atoms with van der Waals surface area (Å²) in [6.07, 6.45) is 0. The number of nitrogens with zero attached hydrogens (tertiary/aromatic N) is 4. The predicted molar refractivity (Wildman–Crippen MR) is 321 cm³/mol. The molecule has 16 aromatic rings. The second-order valence-electron chi connectivity index (χ2n) is 19.2. The minimum Gasteiger partial charge on any atom is -0.315 e. The van der Waals surface area contributed by atoms with E-state index in [1.807, 2.05) is 12.1 Å². The van der Waals surface area contributed by atoms with Crippen LogP contribution in [0.1, 0.15) is 5.56 Å². The molecule has 0 saturated carbocycles. The van der Waals surface area contributed by atoms with Gasteiger partial charge in [-0.3, -0.25) is 0 Å². The molecule has 0 aliphatic rings. The number of nitriles is 1. The average Bonchev–Trinajstić information content (AvgIpc) is 4.32. The highest BCUT2D eigenvalue weighted by molar-refractivity contribution is 7.27. The molecule has 346 valence electrons. The average molecular weight is 1010 g/mol. The SMILES string of the molecule is [C-]#[N+]c1c(-c2ccccc2)c(-n2c3cccc(-c4ccccc4)c3c3ccc4c5ccccc5sc4c32)c(-c2ccccc2)c(C#N)c1-n1c2c(ccc3c4ccccc4sc32)c2ccc3c4ccccc4sc3c21. The second kappa shape index (κ2) is 16.1. The zero-order valence-corrected chi connectivity index (χ0v) is 42.2. The molecule has 0 atom stereocenters. The summed E-state index contributed by atoms with van der Waals surface area (Å²) in [5.41, 5.74) is 11.8. The molecule has 11 aromatic carbocycles. The van der Waals surface area contributed by atoms with Crippen molar-refractivity contribution in [3.8, 4) is 50.8 Å². The quantitative estimate of drug-likeness (QED) is 0.158. The summed E-state index contributed by atoms with van der Waals surface area (Å²) in [6.45, 7) is 9.74. The number of fused-ring (bicyclic) bond motifs is 18. The Morgan fingerprint density at radius 3 is 1.29 bits per heavy atom. The smallest absolute Gasteiger partial charge is 0.221 e. The summed E-state index contributed by atoms with van der Waals surface area (Å²) in [6, 6.07) is 80.7. The lowest BCUT2D eigenvalue weighted by Gasteiger charge is -2.26. The van der Waals surface area contributed by atoms with Crippen LogP contribution in [0.3, 0.4) is 0 Å².